The lowest BCUT2D eigenvalue weighted by atomic mass is 10.1. The molecule has 0 spiro atoms. The number of nitro groups is 1. The summed E-state index contributed by atoms with van der Waals surface area (Å²) in [6, 6.07) is 13.5. The maximum absolute atomic E-state index is 12.9. The number of methoxy groups -OCH3 is 1. The summed E-state index contributed by atoms with van der Waals surface area (Å²) in [5.74, 6) is 1.10. The van der Waals surface area contributed by atoms with E-state index < -0.39 is 4.92 Å². The van der Waals surface area contributed by atoms with E-state index in [2.05, 4.69) is 4.98 Å². The zero-order valence-corrected chi connectivity index (χ0v) is 17.4. The average molecular weight is 454 g/mol. The Labute approximate surface area is 182 Å². The first-order valence-electron chi connectivity index (χ1n) is 9.00. The number of benzene rings is 2. The van der Waals surface area contributed by atoms with E-state index in [4.69, 9.17) is 20.8 Å². The summed E-state index contributed by atoms with van der Waals surface area (Å²) in [4.78, 5) is 28.5. The summed E-state index contributed by atoms with van der Waals surface area (Å²) in [6.45, 7) is 0. The van der Waals surface area contributed by atoms with Gasteiger partial charge >= 0.3 is 0 Å². The topological polar surface area (TPSA) is 99.9 Å². The molecule has 0 fully saturated rings. The van der Waals surface area contributed by atoms with Gasteiger partial charge in [-0.2, -0.15) is 0 Å². The van der Waals surface area contributed by atoms with Crippen LogP contribution >= 0.6 is 22.9 Å². The van der Waals surface area contributed by atoms with Crippen LogP contribution in [0.4, 0.5) is 5.69 Å². The van der Waals surface area contributed by atoms with Crippen LogP contribution in [0.15, 0.2) is 57.7 Å². The third-order valence-corrected chi connectivity index (χ3v) is 6.05. The van der Waals surface area contributed by atoms with E-state index >= 15 is 0 Å². The molecule has 8 nitrogen and oxygen atoms in total. The molecule has 0 bridgehead atoms. The number of hydrogen-bond donors (Lipinski definition) is 0. The molecule has 154 valence electrons. The van der Waals surface area contributed by atoms with Crippen molar-refractivity contribution in [1.29, 1.82) is 0 Å². The highest BCUT2D eigenvalue weighted by Crippen LogP contribution is 2.39. The standard InChI is InChI=1S/C21H12ClN3O5S/c1-29-18-10-16(25(27)28)13(22)9-12(18)17-7-6-11(30-17)8-19-20(26)24-15-5-3-2-4-14(15)23-21(24)31-19/h2-10H,1H3. The fraction of sp³-hybridized carbons (Fsp3) is 0.0476. The highest BCUT2D eigenvalue weighted by molar-refractivity contribution is 7.15. The molecule has 5 aromatic rings. The summed E-state index contributed by atoms with van der Waals surface area (Å²) >= 11 is 7.31. The van der Waals surface area contributed by atoms with Gasteiger partial charge in [0.05, 0.1) is 34.7 Å². The van der Waals surface area contributed by atoms with Crippen LogP contribution in [-0.4, -0.2) is 21.4 Å². The van der Waals surface area contributed by atoms with Crippen molar-refractivity contribution in [1.82, 2.24) is 9.38 Å². The van der Waals surface area contributed by atoms with Gasteiger partial charge in [-0.25, -0.2) is 9.38 Å². The molecular weight excluding hydrogens is 442 g/mol. The molecule has 0 saturated heterocycles. The monoisotopic (exact) mass is 453 g/mol. The van der Waals surface area contributed by atoms with Gasteiger partial charge in [-0.3, -0.25) is 14.9 Å². The molecule has 0 radical (unpaired) electrons. The number of furan rings is 1. The number of nitro benzene ring substituents is 1. The van der Waals surface area contributed by atoms with Gasteiger partial charge < -0.3 is 9.15 Å². The highest BCUT2D eigenvalue weighted by atomic mass is 35.5. The van der Waals surface area contributed by atoms with Gasteiger partial charge in [-0.05, 0) is 30.3 Å². The number of para-hydroxylation sites is 2. The van der Waals surface area contributed by atoms with Crippen molar-refractivity contribution in [2.45, 2.75) is 0 Å². The Morgan fingerprint density at radius 1 is 1.26 bits per heavy atom. The van der Waals surface area contributed by atoms with Gasteiger partial charge in [0.15, 0.2) is 4.96 Å². The summed E-state index contributed by atoms with van der Waals surface area (Å²) < 4.78 is 13.2. The molecule has 0 saturated carbocycles. The Kier molecular flexibility index (Phi) is 4.49. The molecule has 2 aromatic carbocycles. The van der Waals surface area contributed by atoms with Gasteiger partial charge in [-0.1, -0.05) is 35.1 Å². The van der Waals surface area contributed by atoms with Crippen molar-refractivity contribution in [3.8, 4) is 17.1 Å². The molecule has 3 aromatic heterocycles. The smallest absolute Gasteiger partial charge is 0.291 e. The summed E-state index contributed by atoms with van der Waals surface area (Å²) in [5, 5.41) is 11.1. The third kappa shape index (κ3) is 3.15. The lowest BCUT2D eigenvalue weighted by Crippen LogP contribution is -2.22. The summed E-state index contributed by atoms with van der Waals surface area (Å²) in [7, 11) is 1.40. The van der Waals surface area contributed by atoms with Crippen LogP contribution in [0.2, 0.25) is 5.02 Å². The molecule has 0 aliphatic carbocycles. The minimum atomic E-state index is -0.581. The van der Waals surface area contributed by atoms with Crippen molar-refractivity contribution >= 4 is 50.7 Å². The average Bonchev–Trinajstić information content (AvgIpc) is 3.43. The summed E-state index contributed by atoms with van der Waals surface area (Å²) in [5.41, 5.74) is 1.55. The number of fused-ring (bicyclic) bond motifs is 3. The van der Waals surface area contributed by atoms with E-state index in [0.29, 0.717) is 26.6 Å². The second-order valence-electron chi connectivity index (χ2n) is 6.60. The van der Waals surface area contributed by atoms with E-state index in [1.54, 1.807) is 22.6 Å². The molecule has 0 atom stereocenters. The number of ether oxygens (including phenoxy) is 1. The van der Waals surface area contributed by atoms with Crippen LogP contribution in [0.5, 0.6) is 5.75 Å². The first-order chi connectivity index (χ1) is 15.0. The maximum atomic E-state index is 12.9. The van der Waals surface area contributed by atoms with Crippen LogP contribution in [0.1, 0.15) is 5.76 Å². The van der Waals surface area contributed by atoms with Gasteiger partial charge in [0.2, 0.25) is 0 Å². The number of hydrogen-bond acceptors (Lipinski definition) is 7. The first kappa shape index (κ1) is 19.3. The number of halogens is 1. The van der Waals surface area contributed by atoms with E-state index in [-0.39, 0.29) is 22.0 Å². The van der Waals surface area contributed by atoms with Crippen LogP contribution in [-0.2, 0) is 0 Å². The molecule has 0 N–H and O–H groups in total. The molecule has 0 aliphatic heterocycles. The largest absolute Gasteiger partial charge is 0.496 e. The normalized spacial score (nSPS) is 12.1. The second kappa shape index (κ2) is 7.22. The number of aromatic nitrogens is 2. The molecular formula is C21H12ClN3O5S. The SMILES string of the molecule is COc1cc([N+](=O)[O-])c(Cl)cc1-c1ccc(C=c2sc3nc4ccccc4n3c2=O)o1. The number of rotatable bonds is 4. The van der Waals surface area contributed by atoms with E-state index in [0.717, 1.165) is 11.0 Å². The van der Waals surface area contributed by atoms with Crippen LogP contribution in [0.25, 0.3) is 33.4 Å². The van der Waals surface area contributed by atoms with Crippen molar-refractivity contribution in [3.63, 3.8) is 0 Å². The molecule has 3 heterocycles. The fourth-order valence-corrected chi connectivity index (χ4v) is 4.56. The number of imidazole rings is 1. The lowest BCUT2D eigenvalue weighted by molar-refractivity contribution is -0.384. The van der Waals surface area contributed by atoms with Gasteiger partial charge in [-0.15, -0.1) is 0 Å². The Hall–Kier alpha value is -3.69. The molecule has 0 unspecified atom stereocenters. The van der Waals surface area contributed by atoms with E-state index in [9.17, 15) is 14.9 Å². The van der Waals surface area contributed by atoms with Crippen LogP contribution < -0.4 is 14.8 Å². The Bertz CT molecular complexity index is 1600. The van der Waals surface area contributed by atoms with Crippen molar-refractivity contribution < 1.29 is 14.1 Å². The van der Waals surface area contributed by atoms with Gasteiger partial charge in [0.1, 0.15) is 26.8 Å². The molecule has 0 aliphatic rings. The number of nitrogens with zero attached hydrogens (tertiary/aromatic N) is 3. The Morgan fingerprint density at radius 3 is 2.84 bits per heavy atom. The quantitative estimate of drug-likeness (QED) is 0.297. The van der Waals surface area contributed by atoms with Gasteiger partial charge in [0, 0.05) is 6.08 Å². The van der Waals surface area contributed by atoms with Gasteiger partial charge in [0.25, 0.3) is 11.2 Å². The maximum Gasteiger partial charge on any atom is 0.291 e. The molecule has 5 rings (SSSR count). The minimum Gasteiger partial charge on any atom is -0.496 e. The second-order valence-corrected chi connectivity index (χ2v) is 8.01. The van der Waals surface area contributed by atoms with Crippen LogP contribution in [0.3, 0.4) is 0 Å². The molecule has 31 heavy (non-hydrogen) atoms. The van der Waals surface area contributed by atoms with E-state index in [1.807, 2.05) is 24.3 Å². The summed E-state index contributed by atoms with van der Waals surface area (Å²) in [6.07, 6.45) is 1.64. The zero-order chi connectivity index (χ0) is 21.7. The zero-order valence-electron chi connectivity index (χ0n) is 15.9. The predicted molar refractivity (Wildman–Crippen MR) is 118 cm³/mol. The highest BCUT2D eigenvalue weighted by Gasteiger charge is 2.20. The van der Waals surface area contributed by atoms with E-state index in [1.165, 1.54) is 30.6 Å². The Balaban J connectivity index is 1.60. The molecule has 0 amide bonds. The van der Waals surface area contributed by atoms with Crippen molar-refractivity contribution in [2.75, 3.05) is 7.11 Å². The Morgan fingerprint density at radius 2 is 2.06 bits per heavy atom. The van der Waals surface area contributed by atoms with Crippen LogP contribution in [0, 0.1) is 10.1 Å². The first-order valence-corrected chi connectivity index (χ1v) is 10.2. The fourth-order valence-electron chi connectivity index (χ4n) is 3.36. The molecule has 10 heteroatoms. The minimum absolute atomic E-state index is 0.0315. The third-order valence-electron chi connectivity index (χ3n) is 4.78. The predicted octanol–water partition coefficient (Wildman–Crippen LogP) is 4.29. The number of thiazole rings is 1. The van der Waals surface area contributed by atoms with Crippen molar-refractivity contribution in [3.05, 3.63) is 84.3 Å². The van der Waals surface area contributed by atoms with Crippen molar-refractivity contribution in [2.24, 2.45) is 0 Å². The lowest BCUT2D eigenvalue weighted by Gasteiger charge is -2.07.